The van der Waals surface area contributed by atoms with Crippen molar-refractivity contribution < 1.29 is 9.53 Å². The van der Waals surface area contributed by atoms with Gasteiger partial charge in [-0.15, -0.1) is 0 Å². The van der Waals surface area contributed by atoms with Gasteiger partial charge in [-0.3, -0.25) is 4.79 Å². The highest BCUT2D eigenvalue weighted by Crippen LogP contribution is 2.19. The molecule has 0 saturated carbocycles. The van der Waals surface area contributed by atoms with Crippen molar-refractivity contribution >= 4 is 28.9 Å². The first-order valence-electron chi connectivity index (χ1n) is 8.83. The summed E-state index contributed by atoms with van der Waals surface area (Å²) < 4.78 is 5.37. The molecule has 1 fully saturated rings. The molecule has 1 atom stereocenters. The van der Waals surface area contributed by atoms with Gasteiger partial charge >= 0.3 is 0 Å². The zero-order valence-corrected chi connectivity index (χ0v) is 15.6. The first kappa shape index (κ1) is 18.7. The van der Waals surface area contributed by atoms with Gasteiger partial charge in [0.05, 0.1) is 19.8 Å². The number of amides is 1. The van der Waals surface area contributed by atoms with Crippen LogP contribution >= 0.6 is 11.6 Å². The smallest absolute Gasteiger partial charge is 0.238 e. The van der Waals surface area contributed by atoms with Crippen molar-refractivity contribution in [3.05, 3.63) is 59.1 Å². The Morgan fingerprint density at radius 3 is 2.62 bits per heavy atom. The fraction of sp³-hybridized carbons (Fsp3) is 0.350. The molecule has 26 heavy (non-hydrogen) atoms. The lowest BCUT2D eigenvalue weighted by atomic mass is 10.1. The van der Waals surface area contributed by atoms with Crippen molar-refractivity contribution in [3.63, 3.8) is 0 Å². The van der Waals surface area contributed by atoms with Gasteiger partial charge in [0, 0.05) is 35.5 Å². The monoisotopic (exact) mass is 373 g/mol. The molecule has 3 rings (SSSR count). The average molecular weight is 374 g/mol. The van der Waals surface area contributed by atoms with E-state index in [4.69, 9.17) is 16.3 Å². The van der Waals surface area contributed by atoms with Gasteiger partial charge in [0.1, 0.15) is 0 Å². The highest BCUT2D eigenvalue weighted by molar-refractivity contribution is 6.30. The predicted molar refractivity (Wildman–Crippen MR) is 106 cm³/mol. The van der Waals surface area contributed by atoms with E-state index in [9.17, 15) is 4.79 Å². The Morgan fingerprint density at radius 1 is 1.19 bits per heavy atom. The minimum atomic E-state index is -0.0713. The van der Waals surface area contributed by atoms with E-state index in [1.54, 1.807) is 0 Å². The lowest BCUT2D eigenvalue weighted by Gasteiger charge is -2.28. The van der Waals surface area contributed by atoms with Gasteiger partial charge in [0.25, 0.3) is 0 Å². The Morgan fingerprint density at radius 2 is 1.92 bits per heavy atom. The van der Waals surface area contributed by atoms with Crippen LogP contribution in [0.5, 0.6) is 0 Å². The summed E-state index contributed by atoms with van der Waals surface area (Å²) in [6.07, 6.45) is 0. The first-order chi connectivity index (χ1) is 12.6. The molecule has 0 radical (unpaired) electrons. The maximum atomic E-state index is 12.2. The fourth-order valence-electron chi connectivity index (χ4n) is 2.92. The van der Waals surface area contributed by atoms with Crippen molar-refractivity contribution in [3.8, 4) is 0 Å². The van der Waals surface area contributed by atoms with E-state index in [0.717, 1.165) is 43.2 Å². The third kappa shape index (κ3) is 5.21. The molecule has 1 aliphatic heterocycles. The number of nitrogens with one attached hydrogen (secondary N) is 2. The number of hydrogen-bond acceptors (Lipinski definition) is 4. The number of hydrogen-bond donors (Lipinski definition) is 2. The lowest BCUT2D eigenvalue weighted by Crippen LogP contribution is -2.36. The highest BCUT2D eigenvalue weighted by Gasteiger charge is 2.12. The molecule has 0 aromatic heterocycles. The van der Waals surface area contributed by atoms with E-state index in [2.05, 4.69) is 15.5 Å². The summed E-state index contributed by atoms with van der Waals surface area (Å²) in [5, 5.41) is 6.83. The molecule has 1 aliphatic rings. The number of carbonyl (C=O) groups is 1. The number of rotatable bonds is 6. The van der Waals surface area contributed by atoms with Crippen molar-refractivity contribution in [2.24, 2.45) is 0 Å². The van der Waals surface area contributed by atoms with Gasteiger partial charge < -0.3 is 20.3 Å². The Labute approximate surface area is 159 Å². The third-order valence-electron chi connectivity index (χ3n) is 4.44. The number of benzene rings is 2. The molecular weight excluding hydrogens is 350 g/mol. The summed E-state index contributed by atoms with van der Waals surface area (Å²) in [5.41, 5.74) is 3.00. The second-order valence-electron chi connectivity index (χ2n) is 6.35. The minimum absolute atomic E-state index is 0.0446. The standard InChI is InChI=1S/C20H24ClN3O2/c1-15(16-3-2-4-17(21)13-16)22-14-20(25)23-18-5-7-19(8-6-18)24-9-11-26-12-10-24/h2-8,13,15,22H,9-12,14H2,1H3,(H,23,25)/t15-/m1/s1. The molecular formula is C20H24ClN3O2. The molecule has 0 bridgehead atoms. The summed E-state index contributed by atoms with van der Waals surface area (Å²) >= 11 is 6.01. The van der Waals surface area contributed by atoms with Gasteiger partial charge in [-0.05, 0) is 48.9 Å². The van der Waals surface area contributed by atoms with Gasteiger partial charge in [-0.1, -0.05) is 23.7 Å². The van der Waals surface area contributed by atoms with E-state index < -0.39 is 0 Å². The molecule has 0 spiro atoms. The molecule has 1 amide bonds. The number of nitrogens with zero attached hydrogens (tertiary/aromatic N) is 1. The summed E-state index contributed by atoms with van der Waals surface area (Å²) in [4.78, 5) is 14.5. The largest absolute Gasteiger partial charge is 0.378 e. The first-order valence-corrected chi connectivity index (χ1v) is 9.21. The van der Waals surface area contributed by atoms with Crippen LogP contribution in [0.3, 0.4) is 0 Å². The fourth-order valence-corrected chi connectivity index (χ4v) is 3.12. The maximum absolute atomic E-state index is 12.2. The Balaban J connectivity index is 1.48. The third-order valence-corrected chi connectivity index (χ3v) is 4.68. The number of anilines is 2. The molecule has 6 heteroatoms. The molecule has 0 unspecified atom stereocenters. The van der Waals surface area contributed by atoms with E-state index in [1.807, 2.05) is 55.5 Å². The normalized spacial score (nSPS) is 15.5. The second kappa shape index (κ2) is 9.03. The van der Waals surface area contributed by atoms with Crippen LogP contribution in [0.25, 0.3) is 0 Å². The maximum Gasteiger partial charge on any atom is 0.238 e. The quantitative estimate of drug-likeness (QED) is 0.814. The zero-order valence-electron chi connectivity index (χ0n) is 14.9. The van der Waals surface area contributed by atoms with Crippen molar-refractivity contribution in [2.75, 3.05) is 43.1 Å². The highest BCUT2D eigenvalue weighted by atomic mass is 35.5. The van der Waals surface area contributed by atoms with E-state index in [0.29, 0.717) is 5.02 Å². The van der Waals surface area contributed by atoms with Crippen LogP contribution in [-0.4, -0.2) is 38.8 Å². The number of morpholine rings is 1. The molecule has 5 nitrogen and oxygen atoms in total. The van der Waals surface area contributed by atoms with Gasteiger partial charge in [-0.2, -0.15) is 0 Å². The van der Waals surface area contributed by atoms with Gasteiger partial charge in [0.15, 0.2) is 0 Å². The predicted octanol–water partition coefficient (Wildman–Crippen LogP) is 3.47. The average Bonchev–Trinajstić information content (AvgIpc) is 2.67. The van der Waals surface area contributed by atoms with Crippen LogP contribution < -0.4 is 15.5 Å². The van der Waals surface area contributed by atoms with E-state index in [1.165, 1.54) is 0 Å². The summed E-state index contributed by atoms with van der Waals surface area (Å²) in [7, 11) is 0. The molecule has 2 N–H and O–H groups in total. The van der Waals surface area contributed by atoms with Crippen LogP contribution in [0.4, 0.5) is 11.4 Å². The molecule has 138 valence electrons. The molecule has 0 aliphatic carbocycles. The Kier molecular flexibility index (Phi) is 6.50. The number of ether oxygens (including phenoxy) is 1. The summed E-state index contributed by atoms with van der Waals surface area (Å²) in [6.45, 7) is 5.56. The summed E-state index contributed by atoms with van der Waals surface area (Å²) in [6, 6.07) is 15.6. The van der Waals surface area contributed by atoms with Crippen LogP contribution in [0.2, 0.25) is 5.02 Å². The molecule has 2 aromatic rings. The number of halogens is 1. The van der Waals surface area contributed by atoms with E-state index >= 15 is 0 Å². The molecule has 1 saturated heterocycles. The zero-order chi connectivity index (χ0) is 18.4. The topological polar surface area (TPSA) is 53.6 Å². The Hall–Kier alpha value is -2.08. The minimum Gasteiger partial charge on any atom is -0.378 e. The van der Waals surface area contributed by atoms with Crippen LogP contribution in [-0.2, 0) is 9.53 Å². The van der Waals surface area contributed by atoms with Gasteiger partial charge in [0.2, 0.25) is 5.91 Å². The Bertz CT molecular complexity index is 730. The molecule has 2 aromatic carbocycles. The van der Waals surface area contributed by atoms with Gasteiger partial charge in [-0.25, -0.2) is 0 Å². The van der Waals surface area contributed by atoms with Crippen LogP contribution in [0.15, 0.2) is 48.5 Å². The number of carbonyl (C=O) groups excluding carboxylic acids is 1. The van der Waals surface area contributed by atoms with Crippen LogP contribution in [0.1, 0.15) is 18.5 Å². The SMILES string of the molecule is C[C@@H](NCC(=O)Nc1ccc(N2CCOCC2)cc1)c1cccc(Cl)c1. The lowest BCUT2D eigenvalue weighted by molar-refractivity contribution is -0.115. The molecule has 1 heterocycles. The van der Waals surface area contributed by atoms with E-state index in [-0.39, 0.29) is 18.5 Å². The van der Waals surface area contributed by atoms with Crippen molar-refractivity contribution in [1.82, 2.24) is 5.32 Å². The summed E-state index contributed by atoms with van der Waals surface area (Å²) in [5.74, 6) is -0.0713. The second-order valence-corrected chi connectivity index (χ2v) is 6.79. The van der Waals surface area contributed by atoms with Crippen molar-refractivity contribution in [1.29, 1.82) is 0 Å². The van der Waals surface area contributed by atoms with Crippen molar-refractivity contribution in [2.45, 2.75) is 13.0 Å². The van der Waals surface area contributed by atoms with Crippen LogP contribution in [0, 0.1) is 0 Å².